The van der Waals surface area contributed by atoms with Crippen LogP contribution in [0.4, 0.5) is 8.78 Å². The standard InChI is InChI=1S/C18H13ClF2N2O3S/c1-2-13(17(25)26)23-14-7-11(20)12(21)8-15(14)27-18(23)22-16(24)9-3-5-10(19)6-4-9/h3-8,13H,2H2,1H3,(H,25,26). The Labute approximate surface area is 161 Å². The minimum atomic E-state index is -1.16. The Morgan fingerprint density at radius 2 is 1.85 bits per heavy atom. The lowest BCUT2D eigenvalue weighted by Crippen LogP contribution is -2.27. The zero-order valence-corrected chi connectivity index (χ0v) is 15.5. The van der Waals surface area contributed by atoms with Gasteiger partial charge in [-0.25, -0.2) is 13.6 Å². The number of aliphatic carboxylic acids is 1. The lowest BCUT2D eigenvalue weighted by atomic mass is 10.2. The van der Waals surface area contributed by atoms with Crippen LogP contribution in [0.15, 0.2) is 41.4 Å². The Hall–Kier alpha value is -2.58. The number of carbonyl (C=O) groups is 2. The summed E-state index contributed by atoms with van der Waals surface area (Å²) in [6.45, 7) is 1.64. The molecule has 1 N–H and O–H groups in total. The van der Waals surface area contributed by atoms with Gasteiger partial charge >= 0.3 is 5.97 Å². The maximum atomic E-state index is 13.7. The van der Waals surface area contributed by atoms with Gasteiger partial charge in [-0.1, -0.05) is 29.9 Å². The molecule has 0 bridgehead atoms. The summed E-state index contributed by atoms with van der Waals surface area (Å²) in [5.74, 6) is -3.95. The molecule has 2 aromatic carbocycles. The van der Waals surface area contributed by atoms with Crippen LogP contribution in [-0.4, -0.2) is 21.6 Å². The summed E-state index contributed by atoms with van der Waals surface area (Å²) in [4.78, 5) is 28.1. The average molecular weight is 411 g/mol. The number of nitrogens with zero attached hydrogens (tertiary/aromatic N) is 2. The number of fused-ring (bicyclic) bond motifs is 1. The molecule has 1 atom stereocenters. The van der Waals surface area contributed by atoms with Crippen molar-refractivity contribution in [3.05, 3.63) is 63.4 Å². The number of amides is 1. The predicted octanol–water partition coefficient (Wildman–Crippen LogP) is 4.41. The minimum absolute atomic E-state index is 0.0456. The van der Waals surface area contributed by atoms with Gasteiger partial charge in [-0.05, 0) is 36.8 Å². The van der Waals surface area contributed by atoms with Gasteiger partial charge in [0.2, 0.25) is 0 Å². The number of carboxylic acids is 1. The van der Waals surface area contributed by atoms with E-state index < -0.39 is 29.6 Å². The molecule has 0 radical (unpaired) electrons. The summed E-state index contributed by atoms with van der Waals surface area (Å²) in [7, 11) is 0. The maximum absolute atomic E-state index is 13.7. The van der Waals surface area contributed by atoms with Crippen molar-refractivity contribution < 1.29 is 23.5 Å². The monoisotopic (exact) mass is 410 g/mol. The highest BCUT2D eigenvalue weighted by atomic mass is 35.5. The number of thiazole rings is 1. The summed E-state index contributed by atoms with van der Waals surface area (Å²) >= 11 is 6.71. The first kappa shape index (κ1) is 19.2. The van der Waals surface area contributed by atoms with E-state index in [0.717, 1.165) is 23.5 Å². The molecule has 3 rings (SSSR count). The summed E-state index contributed by atoms with van der Waals surface area (Å²) < 4.78 is 28.9. The van der Waals surface area contributed by atoms with Gasteiger partial charge in [-0.2, -0.15) is 4.99 Å². The molecule has 9 heteroatoms. The highest BCUT2D eigenvalue weighted by Crippen LogP contribution is 2.25. The van der Waals surface area contributed by atoms with Crippen LogP contribution in [0.5, 0.6) is 0 Å². The van der Waals surface area contributed by atoms with Crippen molar-refractivity contribution in [3.63, 3.8) is 0 Å². The smallest absolute Gasteiger partial charge is 0.326 e. The second kappa shape index (κ2) is 7.58. The van der Waals surface area contributed by atoms with Crippen molar-refractivity contribution in [2.75, 3.05) is 0 Å². The molecule has 0 aliphatic rings. The molecule has 0 aliphatic heterocycles. The third-order valence-electron chi connectivity index (χ3n) is 3.94. The van der Waals surface area contributed by atoms with E-state index in [2.05, 4.69) is 4.99 Å². The van der Waals surface area contributed by atoms with Crippen LogP contribution in [0.1, 0.15) is 29.7 Å². The van der Waals surface area contributed by atoms with Crippen molar-refractivity contribution in [3.8, 4) is 0 Å². The van der Waals surface area contributed by atoms with Crippen LogP contribution in [0.25, 0.3) is 10.2 Å². The Morgan fingerprint density at radius 1 is 1.22 bits per heavy atom. The lowest BCUT2D eigenvalue weighted by molar-refractivity contribution is -0.140. The third-order valence-corrected chi connectivity index (χ3v) is 5.21. The molecule has 0 saturated carbocycles. The zero-order valence-electron chi connectivity index (χ0n) is 13.9. The van der Waals surface area contributed by atoms with Crippen molar-refractivity contribution >= 4 is 45.0 Å². The summed E-state index contributed by atoms with van der Waals surface area (Å²) in [6.07, 6.45) is 0.169. The van der Waals surface area contributed by atoms with E-state index in [9.17, 15) is 23.5 Å². The van der Waals surface area contributed by atoms with Gasteiger partial charge in [-0.15, -0.1) is 0 Å². The molecule has 0 aliphatic carbocycles. The zero-order chi connectivity index (χ0) is 19.7. The van der Waals surface area contributed by atoms with Crippen molar-refractivity contribution in [1.29, 1.82) is 0 Å². The summed E-state index contributed by atoms with van der Waals surface area (Å²) in [5.41, 5.74) is 0.417. The highest BCUT2D eigenvalue weighted by molar-refractivity contribution is 7.16. The largest absolute Gasteiger partial charge is 0.480 e. The van der Waals surface area contributed by atoms with E-state index in [4.69, 9.17) is 11.6 Å². The number of halogens is 3. The molecule has 1 heterocycles. The van der Waals surface area contributed by atoms with Crippen LogP contribution in [-0.2, 0) is 4.79 Å². The van der Waals surface area contributed by atoms with Gasteiger partial charge < -0.3 is 9.67 Å². The van der Waals surface area contributed by atoms with Crippen LogP contribution >= 0.6 is 22.9 Å². The van der Waals surface area contributed by atoms with Gasteiger partial charge in [0.25, 0.3) is 5.91 Å². The maximum Gasteiger partial charge on any atom is 0.326 e. The lowest BCUT2D eigenvalue weighted by Gasteiger charge is -2.13. The fourth-order valence-electron chi connectivity index (χ4n) is 2.63. The number of benzene rings is 2. The van der Waals surface area contributed by atoms with Crippen molar-refractivity contribution in [2.45, 2.75) is 19.4 Å². The topological polar surface area (TPSA) is 71.7 Å². The second-order valence-electron chi connectivity index (χ2n) is 5.67. The predicted molar refractivity (Wildman–Crippen MR) is 98.0 cm³/mol. The molecular formula is C18H13ClF2N2O3S. The van der Waals surface area contributed by atoms with Crippen LogP contribution in [0.3, 0.4) is 0 Å². The average Bonchev–Trinajstić information content (AvgIpc) is 2.93. The fraction of sp³-hybridized carbons (Fsp3) is 0.167. The Bertz CT molecular complexity index is 1110. The first-order chi connectivity index (χ1) is 12.8. The van der Waals surface area contributed by atoms with Gasteiger partial charge in [0.15, 0.2) is 16.4 Å². The Balaban J connectivity index is 2.26. The minimum Gasteiger partial charge on any atom is -0.480 e. The van der Waals surface area contributed by atoms with Gasteiger partial charge in [0, 0.05) is 16.7 Å². The molecule has 0 spiro atoms. The van der Waals surface area contributed by atoms with Crippen LogP contribution < -0.4 is 4.80 Å². The number of carboxylic acid groups (broad SMARTS) is 1. The van der Waals surface area contributed by atoms with Crippen molar-refractivity contribution in [1.82, 2.24) is 4.57 Å². The molecule has 0 saturated heterocycles. The molecule has 0 fully saturated rings. The van der Waals surface area contributed by atoms with Crippen LogP contribution in [0.2, 0.25) is 5.02 Å². The number of hydrogen-bond donors (Lipinski definition) is 1. The van der Waals surface area contributed by atoms with Gasteiger partial charge in [0.05, 0.1) is 10.2 Å². The first-order valence-corrected chi connectivity index (χ1v) is 9.08. The Kier molecular flexibility index (Phi) is 5.38. The quantitative estimate of drug-likeness (QED) is 0.692. The van der Waals surface area contributed by atoms with E-state index in [0.29, 0.717) is 5.02 Å². The highest BCUT2D eigenvalue weighted by Gasteiger charge is 2.23. The van der Waals surface area contributed by atoms with Crippen LogP contribution in [0, 0.1) is 11.6 Å². The van der Waals surface area contributed by atoms with E-state index in [1.165, 1.54) is 28.8 Å². The number of rotatable bonds is 4. The third kappa shape index (κ3) is 3.77. The van der Waals surface area contributed by atoms with Crippen molar-refractivity contribution in [2.24, 2.45) is 4.99 Å². The molecule has 1 aromatic heterocycles. The fourth-order valence-corrected chi connectivity index (χ4v) is 3.83. The number of carbonyl (C=O) groups excluding carboxylic acids is 1. The van der Waals surface area contributed by atoms with E-state index in [-0.39, 0.29) is 27.0 Å². The summed E-state index contributed by atoms with van der Waals surface area (Å²) in [5, 5.41) is 9.96. The molecular weight excluding hydrogens is 398 g/mol. The normalized spacial score (nSPS) is 13.1. The second-order valence-corrected chi connectivity index (χ2v) is 7.12. The first-order valence-electron chi connectivity index (χ1n) is 7.89. The SMILES string of the molecule is CCC(C(=O)O)n1c(=NC(=O)c2ccc(Cl)cc2)sc2cc(F)c(F)cc21. The van der Waals surface area contributed by atoms with Gasteiger partial charge in [0.1, 0.15) is 6.04 Å². The summed E-state index contributed by atoms with van der Waals surface area (Å²) in [6, 6.07) is 6.82. The molecule has 3 aromatic rings. The Morgan fingerprint density at radius 3 is 2.44 bits per heavy atom. The van der Waals surface area contributed by atoms with E-state index in [1.807, 2.05) is 0 Å². The number of aromatic nitrogens is 1. The molecule has 140 valence electrons. The van der Waals surface area contributed by atoms with E-state index >= 15 is 0 Å². The molecule has 5 nitrogen and oxygen atoms in total. The number of hydrogen-bond acceptors (Lipinski definition) is 3. The van der Waals surface area contributed by atoms with Gasteiger partial charge in [-0.3, -0.25) is 4.79 Å². The van der Waals surface area contributed by atoms with E-state index in [1.54, 1.807) is 6.92 Å². The molecule has 1 unspecified atom stereocenters. The molecule has 27 heavy (non-hydrogen) atoms. The molecule has 1 amide bonds.